The van der Waals surface area contributed by atoms with Gasteiger partial charge in [-0.2, -0.15) is 0 Å². The number of nitrogens with zero attached hydrogens (tertiary/aromatic N) is 1. The number of hydrogen-bond donors (Lipinski definition) is 1. The predicted octanol–water partition coefficient (Wildman–Crippen LogP) is 3.93. The van der Waals surface area contributed by atoms with Gasteiger partial charge in [-0.05, 0) is 32.4 Å². The molecule has 4 heteroatoms. The van der Waals surface area contributed by atoms with E-state index in [2.05, 4.69) is 10.3 Å². The summed E-state index contributed by atoms with van der Waals surface area (Å²) in [5.74, 6) is -0.230. The Morgan fingerprint density at radius 2 is 1.96 bits per heavy atom. The first kappa shape index (κ1) is 16.4. The van der Waals surface area contributed by atoms with Crippen molar-refractivity contribution in [2.24, 2.45) is 4.99 Å². The normalized spacial score (nSPS) is 18.2. The highest BCUT2D eigenvalue weighted by Gasteiger charge is 2.27. The number of carbonyl (C=O) groups excluding carboxylic acids is 1. The molecule has 1 N–H and O–H groups in total. The van der Waals surface area contributed by atoms with E-state index in [9.17, 15) is 4.79 Å². The van der Waals surface area contributed by atoms with Gasteiger partial charge in [0.2, 0.25) is 6.23 Å². The van der Waals surface area contributed by atoms with Gasteiger partial charge in [0.25, 0.3) is 5.91 Å². The average molecular weight is 322 g/mol. The largest absolute Gasteiger partial charge is 0.345 e. The van der Waals surface area contributed by atoms with E-state index < -0.39 is 6.23 Å². The lowest BCUT2D eigenvalue weighted by molar-refractivity contribution is -0.130. The fourth-order valence-corrected chi connectivity index (χ4v) is 2.64. The molecule has 1 heterocycles. The van der Waals surface area contributed by atoms with Gasteiger partial charge in [0.1, 0.15) is 0 Å². The molecule has 24 heavy (non-hydrogen) atoms. The van der Waals surface area contributed by atoms with Crippen LogP contribution in [0.15, 0.2) is 53.5 Å². The summed E-state index contributed by atoms with van der Waals surface area (Å²) in [6.07, 6.45) is -0.0567. The van der Waals surface area contributed by atoms with Crippen molar-refractivity contribution in [2.45, 2.75) is 39.5 Å². The molecule has 0 saturated carbocycles. The first-order valence-corrected chi connectivity index (χ1v) is 8.29. The van der Waals surface area contributed by atoms with Gasteiger partial charge >= 0.3 is 0 Å². The number of aryl methyl sites for hydroxylation is 1. The maximum Gasteiger partial charge on any atom is 0.276 e. The molecule has 4 nitrogen and oxygen atoms in total. The molecule has 2 atom stereocenters. The Balaban J connectivity index is 2.12. The third-order valence-electron chi connectivity index (χ3n) is 4.14. The maximum atomic E-state index is 12.5. The van der Waals surface area contributed by atoms with Crippen LogP contribution >= 0.6 is 0 Å². The Morgan fingerprint density at radius 3 is 2.67 bits per heavy atom. The molecule has 0 bridgehead atoms. The molecular weight excluding hydrogens is 300 g/mol. The summed E-state index contributed by atoms with van der Waals surface area (Å²) in [5.41, 5.74) is 4.56. The van der Waals surface area contributed by atoms with Gasteiger partial charge in [-0.15, -0.1) is 0 Å². The highest BCUT2D eigenvalue weighted by molar-refractivity contribution is 6.19. The summed E-state index contributed by atoms with van der Waals surface area (Å²) in [6, 6.07) is 15.9. The second-order valence-electron chi connectivity index (χ2n) is 6.09. The van der Waals surface area contributed by atoms with Crippen molar-refractivity contribution in [3.05, 3.63) is 65.2 Å². The molecule has 0 aromatic heterocycles. The average Bonchev–Trinajstić information content (AvgIpc) is 2.72. The SMILES string of the molecule is CC[C@@H](C)O[C@@H]1N=C(c2ccccc2)c2cc(C)ccc2NC1=O. The minimum atomic E-state index is -0.845. The number of benzodiazepines with no additional fused rings is 1. The fourth-order valence-electron chi connectivity index (χ4n) is 2.64. The quantitative estimate of drug-likeness (QED) is 0.927. The Hall–Kier alpha value is -2.46. The molecular formula is C20H22N2O2. The third-order valence-corrected chi connectivity index (χ3v) is 4.14. The van der Waals surface area contributed by atoms with Crippen molar-refractivity contribution in [2.75, 3.05) is 5.32 Å². The standard InChI is InChI=1S/C20H22N2O2/c1-4-14(3)24-20-19(23)21-17-11-10-13(2)12-16(17)18(22-20)15-8-6-5-7-9-15/h5-12,14,20H,4H2,1-3H3,(H,21,23)/t14-,20+/m1/s1. The summed E-state index contributed by atoms with van der Waals surface area (Å²) < 4.78 is 5.85. The number of rotatable bonds is 4. The zero-order chi connectivity index (χ0) is 17.1. The van der Waals surface area contributed by atoms with Crippen LogP contribution in [0.4, 0.5) is 5.69 Å². The summed E-state index contributed by atoms with van der Waals surface area (Å²) in [4.78, 5) is 17.2. The van der Waals surface area contributed by atoms with Gasteiger partial charge in [-0.25, -0.2) is 4.99 Å². The summed E-state index contributed by atoms with van der Waals surface area (Å²) in [5, 5.41) is 2.95. The number of aliphatic imine (C=N–C) groups is 1. The third kappa shape index (κ3) is 3.39. The molecule has 1 aliphatic heterocycles. The molecule has 2 aromatic rings. The number of anilines is 1. The molecule has 0 radical (unpaired) electrons. The molecule has 2 aromatic carbocycles. The Bertz CT molecular complexity index is 768. The van der Waals surface area contributed by atoms with Crippen LogP contribution in [0.25, 0.3) is 0 Å². The van der Waals surface area contributed by atoms with Crippen molar-refractivity contribution < 1.29 is 9.53 Å². The molecule has 3 rings (SSSR count). The van der Waals surface area contributed by atoms with Gasteiger partial charge in [-0.1, -0.05) is 48.9 Å². The van der Waals surface area contributed by atoms with Gasteiger partial charge < -0.3 is 10.1 Å². The van der Waals surface area contributed by atoms with Gasteiger partial charge in [0, 0.05) is 11.1 Å². The zero-order valence-corrected chi connectivity index (χ0v) is 14.2. The Kier molecular flexibility index (Phi) is 4.76. The van der Waals surface area contributed by atoms with Crippen molar-refractivity contribution >= 4 is 17.3 Å². The minimum Gasteiger partial charge on any atom is -0.345 e. The van der Waals surface area contributed by atoms with E-state index in [1.165, 1.54) is 0 Å². The fraction of sp³-hybridized carbons (Fsp3) is 0.300. The van der Waals surface area contributed by atoms with E-state index in [4.69, 9.17) is 4.74 Å². The lowest BCUT2D eigenvalue weighted by Crippen LogP contribution is -2.31. The number of nitrogens with one attached hydrogen (secondary N) is 1. The van der Waals surface area contributed by atoms with Crippen LogP contribution in [-0.4, -0.2) is 24.0 Å². The Morgan fingerprint density at radius 1 is 1.21 bits per heavy atom. The van der Waals surface area contributed by atoms with E-state index in [1.54, 1.807) is 0 Å². The monoisotopic (exact) mass is 322 g/mol. The van der Waals surface area contributed by atoms with Crippen LogP contribution in [0.5, 0.6) is 0 Å². The van der Waals surface area contributed by atoms with E-state index in [-0.39, 0.29) is 12.0 Å². The lowest BCUT2D eigenvalue weighted by Gasteiger charge is -2.16. The van der Waals surface area contributed by atoms with Crippen LogP contribution in [0.2, 0.25) is 0 Å². The smallest absolute Gasteiger partial charge is 0.276 e. The second kappa shape index (κ2) is 6.97. The molecule has 1 amide bonds. The lowest BCUT2D eigenvalue weighted by atomic mass is 9.99. The number of benzene rings is 2. The predicted molar refractivity (Wildman–Crippen MR) is 96.5 cm³/mol. The first-order chi connectivity index (χ1) is 11.6. The highest BCUT2D eigenvalue weighted by atomic mass is 16.5. The maximum absolute atomic E-state index is 12.5. The van der Waals surface area contributed by atoms with E-state index in [0.717, 1.165) is 34.5 Å². The molecule has 124 valence electrons. The number of carbonyl (C=O) groups is 1. The molecule has 0 spiro atoms. The summed E-state index contributed by atoms with van der Waals surface area (Å²) >= 11 is 0. The zero-order valence-electron chi connectivity index (χ0n) is 14.2. The second-order valence-corrected chi connectivity index (χ2v) is 6.09. The number of hydrogen-bond acceptors (Lipinski definition) is 3. The molecule has 0 saturated heterocycles. The number of fused-ring (bicyclic) bond motifs is 1. The van der Waals surface area contributed by atoms with Crippen molar-refractivity contribution in [1.82, 2.24) is 0 Å². The van der Waals surface area contributed by atoms with Crippen LogP contribution in [0, 0.1) is 6.92 Å². The van der Waals surface area contributed by atoms with E-state index in [1.807, 2.05) is 69.3 Å². The van der Waals surface area contributed by atoms with Crippen LogP contribution < -0.4 is 5.32 Å². The van der Waals surface area contributed by atoms with Crippen molar-refractivity contribution in [1.29, 1.82) is 0 Å². The summed E-state index contributed by atoms with van der Waals surface area (Å²) in [6.45, 7) is 6.01. The minimum absolute atomic E-state index is 0.0375. The Labute approximate surface area is 142 Å². The first-order valence-electron chi connectivity index (χ1n) is 8.29. The molecule has 0 unspecified atom stereocenters. The van der Waals surface area contributed by atoms with Crippen molar-refractivity contribution in [3.8, 4) is 0 Å². The van der Waals surface area contributed by atoms with Crippen LogP contribution in [-0.2, 0) is 9.53 Å². The highest BCUT2D eigenvalue weighted by Crippen LogP contribution is 2.26. The molecule has 0 fully saturated rings. The number of ether oxygens (including phenoxy) is 1. The van der Waals surface area contributed by atoms with Crippen LogP contribution in [0.3, 0.4) is 0 Å². The topological polar surface area (TPSA) is 50.7 Å². The van der Waals surface area contributed by atoms with Gasteiger partial charge in [0.15, 0.2) is 0 Å². The van der Waals surface area contributed by atoms with Gasteiger partial charge in [-0.3, -0.25) is 4.79 Å². The molecule has 0 aliphatic carbocycles. The van der Waals surface area contributed by atoms with Gasteiger partial charge in [0.05, 0.1) is 17.5 Å². The van der Waals surface area contributed by atoms with Crippen LogP contribution in [0.1, 0.15) is 37.0 Å². The van der Waals surface area contributed by atoms with E-state index >= 15 is 0 Å². The van der Waals surface area contributed by atoms with E-state index in [0.29, 0.717) is 0 Å². The van der Waals surface area contributed by atoms with Crippen molar-refractivity contribution in [3.63, 3.8) is 0 Å². The number of amides is 1. The molecule has 1 aliphatic rings. The summed E-state index contributed by atoms with van der Waals surface area (Å²) in [7, 11) is 0.